The lowest BCUT2D eigenvalue weighted by Gasteiger charge is -2.44. The van der Waals surface area contributed by atoms with Gasteiger partial charge in [0.2, 0.25) is 11.8 Å². The number of benzene rings is 3. The maximum atomic E-state index is 15.0. The summed E-state index contributed by atoms with van der Waals surface area (Å²) in [5.74, 6) is -0.896. The lowest BCUT2D eigenvalue weighted by Crippen LogP contribution is -2.48. The molecule has 3 N–H and O–H groups in total. The molecule has 2 amide bonds. The first-order chi connectivity index (χ1) is 28.1. The Morgan fingerprint density at radius 3 is 2.47 bits per heavy atom. The molecule has 58 heavy (non-hydrogen) atoms. The van der Waals surface area contributed by atoms with Crippen LogP contribution in [-0.2, 0) is 14.3 Å². The van der Waals surface area contributed by atoms with E-state index in [1.807, 2.05) is 36.5 Å². The molecule has 15 heteroatoms. The number of amides is 2. The molecule has 4 aromatic rings. The third kappa shape index (κ3) is 9.86. The van der Waals surface area contributed by atoms with Crippen molar-refractivity contribution < 1.29 is 27.8 Å². The van der Waals surface area contributed by atoms with Crippen LogP contribution in [0, 0.1) is 23.0 Å². The molecule has 1 atom stereocenters. The second kappa shape index (κ2) is 18.8. The van der Waals surface area contributed by atoms with E-state index in [2.05, 4.69) is 30.2 Å². The number of piperidine rings is 2. The number of nitrogens with zero attached hydrogens (tertiary/aromatic N) is 5. The minimum Gasteiger partial charge on any atom is -0.453 e. The monoisotopic (exact) mass is 812 g/mol. The summed E-state index contributed by atoms with van der Waals surface area (Å²) in [6.07, 6.45) is 12.9. The fourth-order valence-corrected chi connectivity index (χ4v) is 8.90. The molecule has 1 unspecified atom stereocenters. The van der Waals surface area contributed by atoms with Gasteiger partial charge in [0.15, 0.2) is 11.6 Å². The molecule has 4 heterocycles. The summed E-state index contributed by atoms with van der Waals surface area (Å²) in [6.45, 7) is 6.00. The van der Waals surface area contributed by atoms with Crippen molar-refractivity contribution in [2.75, 3.05) is 43.3 Å². The van der Waals surface area contributed by atoms with Crippen LogP contribution in [0.25, 0.3) is 11.0 Å². The number of nitriles is 1. The highest BCUT2D eigenvalue weighted by atomic mass is 32.2. The fourth-order valence-electron chi connectivity index (χ4n) is 8.35. The summed E-state index contributed by atoms with van der Waals surface area (Å²) in [4.78, 5) is 34.3. The number of halogens is 2. The second-order valence-electron chi connectivity index (χ2n) is 15.4. The Morgan fingerprint density at radius 1 is 1.00 bits per heavy atom. The van der Waals surface area contributed by atoms with Crippen LogP contribution in [0.3, 0.4) is 0 Å². The largest absolute Gasteiger partial charge is 0.453 e. The number of carbonyl (C=O) groups is 2. The zero-order chi connectivity index (χ0) is 40.6. The predicted octanol–water partition coefficient (Wildman–Crippen LogP) is 8.07. The van der Waals surface area contributed by atoms with Crippen molar-refractivity contribution in [3.05, 3.63) is 83.7 Å². The number of rotatable bonds is 10. The van der Waals surface area contributed by atoms with E-state index in [9.17, 15) is 23.6 Å². The number of hydrogen-bond acceptors (Lipinski definition) is 12. The van der Waals surface area contributed by atoms with Crippen LogP contribution in [0.1, 0.15) is 88.2 Å². The van der Waals surface area contributed by atoms with Crippen molar-refractivity contribution >= 4 is 46.4 Å². The van der Waals surface area contributed by atoms with Gasteiger partial charge < -0.3 is 24.4 Å². The topological polar surface area (TPSA) is 145 Å². The number of fused-ring (bicyclic) bond motifs is 1. The SMILES string of the molecule is CCN(C)SNc1ccc(F)c(Oc2ccc3nccnc3c2)c1C#N.O=C1CCC(Nc2ccc(C3CCC(N4CCC5(CCCO5)CC4)CC3)c(F)c2)C(=O)N1. The van der Waals surface area contributed by atoms with Gasteiger partial charge in [0.05, 0.1) is 22.3 Å². The molecule has 3 saturated heterocycles. The van der Waals surface area contributed by atoms with E-state index in [1.54, 1.807) is 30.6 Å². The van der Waals surface area contributed by atoms with Crippen molar-refractivity contribution in [2.45, 2.75) is 94.7 Å². The maximum Gasteiger partial charge on any atom is 0.249 e. The molecular weight excluding hydrogens is 763 g/mol. The minimum atomic E-state index is -0.611. The van der Waals surface area contributed by atoms with Gasteiger partial charge in [-0.15, -0.1) is 0 Å². The maximum absolute atomic E-state index is 15.0. The molecule has 12 nitrogen and oxygen atoms in total. The van der Waals surface area contributed by atoms with E-state index in [0.717, 1.165) is 70.3 Å². The third-order valence-corrected chi connectivity index (χ3v) is 12.6. The van der Waals surface area contributed by atoms with Gasteiger partial charge in [-0.3, -0.25) is 24.9 Å². The van der Waals surface area contributed by atoms with Crippen molar-refractivity contribution in [1.29, 1.82) is 5.26 Å². The van der Waals surface area contributed by atoms with Crippen molar-refractivity contribution in [1.82, 2.24) is 24.5 Å². The van der Waals surface area contributed by atoms with Crippen molar-refractivity contribution in [2.24, 2.45) is 0 Å². The Hall–Kier alpha value is -4.88. The summed E-state index contributed by atoms with van der Waals surface area (Å²) in [5.41, 5.74) is 3.45. The van der Waals surface area contributed by atoms with E-state index in [0.29, 0.717) is 47.0 Å². The van der Waals surface area contributed by atoms with Gasteiger partial charge in [-0.25, -0.2) is 13.1 Å². The Balaban J connectivity index is 0.000000181. The lowest BCUT2D eigenvalue weighted by molar-refractivity contribution is -0.133. The number of ether oxygens (including phenoxy) is 2. The number of nitrogens with one attached hydrogen (secondary N) is 3. The summed E-state index contributed by atoms with van der Waals surface area (Å²) in [6, 6.07) is 15.2. The standard InChI is InChI=1S/C25H34FN3O3.C18H16FN5OS/c26-21-16-18(27-22-8-9-23(30)28-24(22)31)4-7-20(21)17-2-5-19(6-3-17)29-13-11-25(12-14-29)10-1-15-32-25;1-3-24(2)26-23-15-7-5-14(19)18(13(15)11-20)25-12-4-6-16-17(10-12)22-9-8-21-16/h4,7,16-17,19,22,27H,1-3,5-6,8-15H2,(H,28,30,31);4-10,23H,3H2,1-2H3. The van der Waals surface area contributed by atoms with Crippen molar-refractivity contribution in [3.63, 3.8) is 0 Å². The average molecular weight is 813 g/mol. The van der Waals surface area contributed by atoms with Crippen LogP contribution in [0.5, 0.6) is 11.5 Å². The molecule has 3 aromatic carbocycles. The van der Waals surface area contributed by atoms with Gasteiger partial charge in [-0.2, -0.15) is 5.26 Å². The molecule has 306 valence electrons. The molecule has 1 saturated carbocycles. The normalized spacial score (nSPS) is 21.9. The fraction of sp³-hybridized carbons (Fsp3) is 0.465. The molecule has 8 rings (SSSR count). The Kier molecular flexibility index (Phi) is 13.4. The van der Waals surface area contributed by atoms with Gasteiger partial charge in [0.1, 0.15) is 29.2 Å². The molecule has 1 aliphatic carbocycles. The Morgan fingerprint density at radius 2 is 1.78 bits per heavy atom. The molecular formula is C43H50F2N8O4S. The number of anilines is 2. The average Bonchev–Trinajstić information content (AvgIpc) is 3.70. The van der Waals surface area contributed by atoms with Crippen LogP contribution < -0.4 is 20.1 Å². The first-order valence-corrected chi connectivity index (χ1v) is 20.9. The smallest absolute Gasteiger partial charge is 0.249 e. The van der Waals surface area contributed by atoms with Crippen LogP contribution >= 0.6 is 12.1 Å². The first kappa shape index (κ1) is 41.3. The zero-order valence-electron chi connectivity index (χ0n) is 32.9. The highest BCUT2D eigenvalue weighted by Gasteiger charge is 2.40. The van der Waals surface area contributed by atoms with E-state index in [4.69, 9.17) is 9.47 Å². The number of imide groups is 1. The Labute approximate surface area is 342 Å². The molecule has 4 aliphatic rings. The van der Waals surface area contributed by atoms with E-state index >= 15 is 0 Å². The zero-order valence-corrected chi connectivity index (χ0v) is 33.8. The Bertz CT molecular complexity index is 2130. The lowest BCUT2D eigenvalue weighted by atomic mass is 9.79. The molecule has 0 radical (unpaired) electrons. The molecule has 0 bridgehead atoms. The highest BCUT2D eigenvalue weighted by Crippen LogP contribution is 2.41. The molecule has 4 fully saturated rings. The summed E-state index contributed by atoms with van der Waals surface area (Å²) >= 11 is 1.32. The van der Waals surface area contributed by atoms with E-state index in [-0.39, 0.29) is 40.5 Å². The van der Waals surface area contributed by atoms with Gasteiger partial charge in [-0.1, -0.05) is 13.0 Å². The van der Waals surface area contributed by atoms with Crippen molar-refractivity contribution in [3.8, 4) is 17.6 Å². The van der Waals surface area contributed by atoms with E-state index in [1.165, 1.54) is 43.2 Å². The number of hydrogen-bond donors (Lipinski definition) is 3. The van der Waals surface area contributed by atoms with Gasteiger partial charge in [-0.05, 0) is 113 Å². The van der Waals surface area contributed by atoms with Crippen LogP contribution in [-0.4, -0.2) is 82.0 Å². The predicted molar refractivity (Wildman–Crippen MR) is 220 cm³/mol. The summed E-state index contributed by atoms with van der Waals surface area (Å²) in [5, 5.41) is 14.9. The number of aromatic nitrogens is 2. The van der Waals surface area contributed by atoms with Crippen LogP contribution in [0.4, 0.5) is 20.2 Å². The second-order valence-corrected chi connectivity index (χ2v) is 16.4. The van der Waals surface area contributed by atoms with Crippen LogP contribution in [0.2, 0.25) is 0 Å². The van der Waals surface area contributed by atoms with E-state index < -0.39 is 11.9 Å². The molecule has 1 aromatic heterocycles. The molecule has 1 spiro atoms. The molecule has 3 aliphatic heterocycles. The van der Waals surface area contributed by atoms with Gasteiger partial charge in [0.25, 0.3) is 0 Å². The van der Waals surface area contributed by atoms with Gasteiger partial charge in [0, 0.05) is 75.0 Å². The third-order valence-electron chi connectivity index (χ3n) is 11.8. The quantitative estimate of drug-likeness (QED) is 0.105. The summed E-state index contributed by atoms with van der Waals surface area (Å²) in [7, 11) is 1.90. The minimum absolute atomic E-state index is 0.0984. The van der Waals surface area contributed by atoms with Crippen LogP contribution in [0.15, 0.2) is 60.9 Å². The van der Waals surface area contributed by atoms with Gasteiger partial charge >= 0.3 is 0 Å². The summed E-state index contributed by atoms with van der Waals surface area (Å²) < 4.78 is 46.0. The highest BCUT2D eigenvalue weighted by molar-refractivity contribution is 7.98. The first-order valence-electron chi connectivity index (χ1n) is 20.2. The number of likely N-dealkylation sites (tertiary alicyclic amines) is 1. The number of carbonyl (C=O) groups excluding carboxylic acids is 2.